The summed E-state index contributed by atoms with van der Waals surface area (Å²) in [4.78, 5) is 37.9. The van der Waals surface area contributed by atoms with Crippen molar-refractivity contribution >= 4 is 17.8 Å². The average Bonchev–Trinajstić information content (AvgIpc) is 2.68. The van der Waals surface area contributed by atoms with Crippen LogP contribution in [-0.2, 0) is 9.59 Å². The molecule has 0 aromatic heterocycles. The summed E-state index contributed by atoms with van der Waals surface area (Å²) in [5.74, 6) is -1.40. The molecule has 2 amide bonds. The zero-order valence-corrected chi connectivity index (χ0v) is 16.2. The number of carboxylic acids is 1. The fraction of sp³-hybridized carbons (Fsp3) is 0.318. The highest BCUT2D eigenvalue weighted by atomic mass is 16.4. The number of rotatable bonds is 9. The lowest BCUT2D eigenvalue weighted by molar-refractivity contribution is -0.139. The van der Waals surface area contributed by atoms with Gasteiger partial charge in [-0.05, 0) is 31.5 Å². The fourth-order valence-electron chi connectivity index (χ4n) is 2.95. The van der Waals surface area contributed by atoms with E-state index in [0.29, 0.717) is 5.56 Å². The van der Waals surface area contributed by atoms with E-state index in [1.54, 1.807) is 29.2 Å². The van der Waals surface area contributed by atoms with Crippen molar-refractivity contribution in [3.8, 4) is 0 Å². The number of carboxylic acid groups (broad SMARTS) is 1. The van der Waals surface area contributed by atoms with Crippen LogP contribution in [0.5, 0.6) is 0 Å². The molecular formula is C22H26N2O4. The first-order chi connectivity index (χ1) is 13.4. The Bertz CT molecular complexity index is 791. The average molecular weight is 382 g/mol. The van der Waals surface area contributed by atoms with E-state index in [9.17, 15) is 14.4 Å². The van der Waals surface area contributed by atoms with Crippen molar-refractivity contribution in [2.45, 2.75) is 38.8 Å². The quantitative estimate of drug-likeness (QED) is 0.697. The standard InChI is InChI=1S/C22H26N2O4/c1-16(2)24(14-13-21(26)27)20(25)15-19(17-9-5-3-6-10-17)23-22(28)18-11-7-4-8-12-18/h3-12,16,19H,13-15H2,1-2H3,(H,23,28)(H,26,27). The van der Waals surface area contributed by atoms with Gasteiger partial charge < -0.3 is 15.3 Å². The minimum atomic E-state index is -0.949. The van der Waals surface area contributed by atoms with E-state index in [1.165, 1.54) is 0 Å². The molecule has 0 spiro atoms. The van der Waals surface area contributed by atoms with E-state index in [2.05, 4.69) is 5.32 Å². The first-order valence-corrected chi connectivity index (χ1v) is 9.30. The minimum Gasteiger partial charge on any atom is -0.481 e. The van der Waals surface area contributed by atoms with Crippen molar-refractivity contribution in [3.05, 3.63) is 71.8 Å². The molecule has 0 radical (unpaired) electrons. The molecule has 148 valence electrons. The Balaban J connectivity index is 2.18. The van der Waals surface area contributed by atoms with Crippen LogP contribution in [-0.4, -0.2) is 40.4 Å². The second-order valence-corrected chi connectivity index (χ2v) is 6.83. The van der Waals surface area contributed by atoms with Crippen LogP contribution in [0.2, 0.25) is 0 Å². The van der Waals surface area contributed by atoms with Gasteiger partial charge >= 0.3 is 5.97 Å². The van der Waals surface area contributed by atoms with Crippen LogP contribution in [0.4, 0.5) is 0 Å². The summed E-state index contributed by atoms with van der Waals surface area (Å²) in [5, 5.41) is 11.9. The van der Waals surface area contributed by atoms with Crippen LogP contribution in [0.3, 0.4) is 0 Å². The van der Waals surface area contributed by atoms with Gasteiger partial charge in [-0.3, -0.25) is 14.4 Å². The summed E-state index contributed by atoms with van der Waals surface area (Å²) >= 11 is 0. The van der Waals surface area contributed by atoms with E-state index >= 15 is 0 Å². The van der Waals surface area contributed by atoms with E-state index in [4.69, 9.17) is 5.11 Å². The highest BCUT2D eigenvalue weighted by molar-refractivity contribution is 5.94. The van der Waals surface area contributed by atoms with Crippen LogP contribution < -0.4 is 5.32 Å². The summed E-state index contributed by atoms with van der Waals surface area (Å²) in [6.07, 6.45) is -0.0588. The SMILES string of the molecule is CC(C)N(CCC(=O)O)C(=O)CC(NC(=O)c1ccccc1)c1ccccc1. The molecular weight excluding hydrogens is 356 g/mol. The normalized spacial score (nSPS) is 11.7. The first-order valence-electron chi connectivity index (χ1n) is 9.30. The monoisotopic (exact) mass is 382 g/mol. The Morgan fingerprint density at radius 3 is 2.07 bits per heavy atom. The second-order valence-electron chi connectivity index (χ2n) is 6.83. The predicted octanol–water partition coefficient (Wildman–Crippen LogP) is 3.26. The van der Waals surface area contributed by atoms with Gasteiger partial charge in [-0.1, -0.05) is 48.5 Å². The van der Waals surface area contributed by atoms with Crippen molar-refractivity contribution < 1.29 is 19.5 Å². The van der Waals surface area contributed by atoms with Crippen molar-refractivity contribution in [1.82, 2.24) is 10.2 Å². The molecule has 0 aliphatic rings. The number of carbonyl (C=O) groups excluding carboxylic acids is 2. The molecule has 6 heteroatoms. The van der Waals surface area contributed by atoms with Gasteiger partial charge in [0.15, 0.2) is 0 Å². The Labute approximate surface area is 165 Å². The molecule has 6 nitrogen and oxygen atoms in total. The number of hydrogen-bond donors (Lipinski definition) is 2. The van der Waals surface area contributed by atoms with E-state index in [1.807, 2.05) is 50.2 Å². The summed E-state index contributed by atoms with van der Waals surface area (Å²) < 4.78 is 0. The predicted molar refractivity (Wildman–Crippen MR) is 107 cm³/mol. The van der Waals surface area contributed by atoms with Crippen LogP contribution in [0, 0.1) is 0 Å². The molecule has 0 saturated heterocycles. The summed E-state index contributed by atoms with van der Waals surface area (Å²) in [7, 11) is 0. The summed E-state index contributed by atoms with van der Waals surface area (Å²) in [6, 6.07) is 17.5. The molecule has 0 aliphatic heterocycles. The maximum Gasteiger partial charge on any atom is 0.305 e. The number of carbonyl (C=O) groups is 3. The molecule has 2 N–H and O–H groups in total. The third-order valence-electron chi connectivity index (χ3n) is 4.43. The van der Waals surface area contributed by atoms with Crippen molar-refractivity contribution in [3.63, 3.8) is 0 Å². The zero-order valence-electron chi connectivity index (χ0n) is 16.2. The van der Waals surface area contributed by atoms with Crippen LogP contribution in [0.1, 0.15) is 48.7 Å². The molecule has 0 aliphatic carbocycles. The second kappa shape index (κ2) is 10.3. The molecule has 1 atom stereocenters. The Morgan fingerprint density at radius 1 is 0.964 bits per heavy atom. The number of nitrogens with one attached hydrogen (secondary N) is 1. The van der Waals surface area contributed by atoms with Gasteiger partial charge in [0.05, 0.1) is 18.9 Å². The maximum atomic E-state index is 12.9. The van der Waals surface area contributed by atoms with Crippen molar-refractivity contribution in [2.24, 2.45) is 0 Å². The lowest BCUT2D eigenvalue weighted by Crippen LogP contribution is -2.41. The Hall–Kier alpha value is -3.15. The minimum absolute atomic E-state index is 0.0559. The molecule has 0 heterocycles. The van der Waals surface area contributed by atoms with Crippen LogP contribution >= 0.6 is 0 Å². The van der Waals surface area contributed by atoms with Gasteiger partial charge in [-0.15, -0.1) is 0 Å². The summed E-state index contributed by atoms with van der Waals surface area (Å²) in [5.41, 5.74) is 1.34. The highest BCUT2D eigenvalue weighted by Gasteiger charge is 2.24. The molecule has 0 bridgehead atoms. The fourth-order valence-corrected chi connectivity index (χ4v) is 2.95. The van der Waals surface area contributed by atoms with Crippen LogP contribution in [0.15, 0.2) is 60.7 Å². The molecule has 2 aromatic carbocycles. The van der Waals surface area contributed by atoms with Gasteiger partial charge in [0.2, 0.25) is 5.91 Å². The number of aliphatic carboxylic acids is 1. The molecule has 2 rings (SSSR count). The summed E-state index contributed by atoms with van der Waals surface area (Å²) in [6.45, 7) is 3.83. The topological polar surface area (TPSA) is 86.7 Å². The molecule has 0 fully saturated rings. The van der Waals surface area contributed by atoms with Gasteiger partial charge in [-0.2, -0.15) is 0 Å². The number of benzene rings is 2. The smallest absolute Gasteiger partial charge is 0.305 e. The first kappa shape index (κ1) is 21.2. The largest absolute Gasteiger partial charge is 0.481 e. The lowest BCUT2D eigenvalue weighted by Gasteiger charge is -2.28. The third-order valence-corrected chi connectivity index (χ3v) is 4.43. The highest BCUT2D eigenvalue weighted by Crippen LogP contribution is 2.20. The molecule has 28 heavy (non-hydrogen) atoms. The van der Waals surface area contributed by atoms with Crippen LogP contribution in [0.25, 0.3) is 0 Å². The molecule has 0 saturated carbocycles. The zero-order chi connectivity index (χ0) is 20.5. The third kappa shape index (κ3) is 6.23. The van der Waals surface area contributed by atoms with Gasteiger partial charge in [-0.25, -0.2) is 0 Å². The number of nitrogens with zero attached hydrogens (tertiary/aromatic N) is 1. The maximum absolute atomic E-state index is 12.9. The molecule has 2 aromatic rings. The lowest BCUT2D eigenvalue weighted by atomic mass is 10.0. The van der Waals surface area contributed by atoms with Gasteiger partial charge in [0.1, 0.15) is 0 Å². The van der Waals surface area contributed by atoms with E-state index in [0.717, 1.165) is 5.56 Å². The van der Waals surface area contributed by atoms with Gasteiger partial charge in [0.25, 0.3) is 5.91 Å². The van der Waals surface area contributed by atoms with E-state index < -0.39 is 12.0 Å². The van der Waals surface area contributed by atoms with Gasteiger partial charge in [0, 0.05) is 18.2 Å². The number of hydrogen-bond acceptors (Lipinski definition) is 3. The Kier molecular flexibility index (Phi) is 7.75. The Morgan fingerprint density at radius 2 is 1.54 bits per heavy atom. The molecule has 1 unspecified atom stereocenters. The van der Waals surface area contributed by atoms with Crippen molar-refractivity contribution in [1.29, 1.82) is 0 Å². The van der Waals surface area contributed by atoms with E-state index in [-0.39, 0.29) is 37.2 Å². The van der Waals surface area contributed by atoms with Crippen molar-refractivity contribution in [2.75, 3.05) is 6.54 Å². The number of amides is 2.